The molecule has 0 aliphatic carbocycles. The van der Waals surface area contributed by atoms with Crippen LogP contribution in [0.25, 0.3) is 11.1 Å². The van der Waals surface area contributed by atoms with E-state index in [1.807, 2.05) is 37.3 Å². The summed E-state index contributed by atoms with van der Waals surface area (Å²) in [6.45, 7) is 4.40. The highest BCUT2D eigenvalue weighted by Gasteiger charge is 2.19. The maximum Gasteiger partial charge on any atom is 0.338 e. The van der Waals surface area contributed by atoms with Crippen molar-refractivity contribution in [3.05, 3.63) is 119 Å². The van der Waals surface area contributed by atoms with Crippen molar-refractivity contribution in [1.29, 1.82) is 0 Å². The van der Waals surface area contributed by atoms with Crippen molar-refractivity contribution < 1.29 is 23.1 Å². The predicted octanol–water partition coefficient (Wildman–Crippen LogP) is 6.27. The average Bonchev–Trinajstić information content (AvgIpc) is 2.96. The summed E-state index contributed by atoms with van der Waals surface area (Å²) in [6, 6.07) is 27.7. The van der Waals surface area contributed by atoms with E-state index in [2.05, 4.69) is 5.32 Å². The van der Waals surface area contributed by atoms with Gasteiger partial charge in [-0.05, 0) is 91.1 Å². The topological polar surface area (TPSA) is 92.7 Å². The second-order valence-electron chi connectivity index (χ2n) is 9.56. The lowest BCUT2D eigenvalue weighted by atomic mass is 10.0. The Kier molecular flexibility index (Phi) is 9.76. The molecule has 0 saturated carbocycles. The molecule has 0 unspecified atom stereocenters. The molecule has 4 aromatic rings. The number of ether oxygens (including phenoxy) is 1. The van der Waals surface area contributed by atoms with Crippen molar-refractivity contribution in [2.24, 2.45) is 0 Å². The van der Waals surface area contributed by atoms with Gasteiger partial charge in [0.1, 0.15) is 0 Å². The lowest BCUT2D eigenvalue weighted by molar-refractivity contribution is 0.0526. The first-order valence-electron chi connectivity index (χ1n) is 13.1. The van der Waals surface area contributed by atoms with Gasteiger partial charge in [0.2, 0.25) is 9.84 Å². The molecule has 4 aromatic carbocycles. The van der Waals surface area contributed by atoms with Crippen molar-refractivity contribution in [2.75, 3.05) is 13.2 Å². The molecule has 2 N–H and O–H groups in total. The zero-order valence-corrected chi connectivity index (χ0v) is 24.0. The molecule has 0 amide bonds. The third-order valence-corrected chi connectivity index (χ3v) is 8.52. The number of carbonyl (C=O) groups is 1. The van der Waals surface area contributed by atoms with Crippen molar-refractivity contribution in [1.82, 2.24) is 5.32 Å². The summed E-state index contributed by atoms with van der Waals surface area (Å²) in [5.41, 5.74) is 3.53. The zero-order chi connectivity index (χ0) is 28.7. The van der Waals surface area contributed by atoms with Gasteiger partial charge in [-0.15, -0.1) is 0 Å². The predicted molar refractivity (Wildman–Crippen MR) is 157 cm³/mol. The Bertz CT molecular complexity index is 1570. The van der Waals surface area contributed by atoms with Gasteiger partial charge in [-0.3, -0.25) is 0 Å². The normalized spacial score (nSPS) is 13.0. The van der Waals surface area contributed by atoms with Crippen LogP contribution in [0.3, 0.4) is 0 Å². The lowest BCUT2D eigenvalue weighted by Gasteiger charge is -2.18. The Labute approximate surface area is 240 Å². The number of benzene rings is 4. The highest BCUT2D eigenvalue weighted by atomic mass is 35.5. The van der Waals surface area contributed by atoms with E-state index in [1.54, 1.807) is 73.7 Å². The second-order valence-corrected chi connectivity index (χ2v) is 11.9. The molecule has 0 spiro atoms. The summed E-state index contributed by atoms with van der Waals surface area (Å²) in [5.74, 6) is -0.421. The highest BCUT2D eigenvalue weighted by Crippen LogP contribution is 2.27. The number of halogens is 1. The van der Waals surface area contributed by atoms with Gasteiger partial charge in [0.05, 0.1) is 28.1 Å². The Morgan fingerprint density at radius 1 is 0.900 bits per heavy atom. The molecule has 2 atom stereocenters. The summed E-state index contributed by atoms with van der Waals surface area (Å²) >= 11 is 6.01. The minimum atomic E-state index is -3.76. The molecule has 6 nitrogen and oxygen atoms in total. The standard InChI is InChI=1S/C32H32ClNO5S/c1-3-39-32(36)27-10-4-7-24(18-27)25-8-6-12-30(20-25)40(37,38)29-15-13-23(14-16-29)17-22(2)34-21-31(35)26-9-5-11-28(33)19-26/h4-16,18-20,22,31,34-35H,3,17,21H2,1-2H3/t22-,31+/m1/s1. The first kappa shape index (κ1) is 29.5. The molecule has 0 aliphatic heterocycles. The third-order valence-electron chi connectivity index (χ3n) is 6.52. The van der Waals surface area contributed by atoms with E-state index in [1.165, 1.54) is 0 Å². The maximum atomic E-state index is 13.4. The lowest BCUT2D eigenvalue weighted by Crippen LogP contribution is -2.32. The van der Waals surface area contributed by atoms with Crippen molar-refractivity contribution >= 4 is 27.4 Å². The fraction of sp³-hybridized carbons (Fsp3) is 0.219. The SMILES string of the molecule is CCOC(=O)c1cccc(-c2cccc(S(=O)(=O)c3ccc(C[C@@H](C)NC[C@H](O)c4cccc(Cl)c4)cc3)c2)c1. The van der Waals surface area contributed by atoms with Gasteiger partial charge in [0.25, 0.3) is 0 Å². The van der Waals surface area contributed by atoms with Crippen LogP contribution in [-0.2, 0) is 21.0 Å². The number of hydrogen-bond donors (Lipinski definition) is 2. The van der Waals surface area contributed by atoms with Gasteiger partial charge in [0, 0.05) is 17.6 Å². The average molecular weight is 578 g/mol. The van der Waals surface area contributed by atoms with Gasteiger partial charge >= 0.3 is 5.97 Å². The molecule has 40 heavy (non-hydrogen) atoms. The summed E-state index contributed by atoms with van der Waals surface area (Å²) in [6.07, 6.45) is -0.0217. The van der Waals surface area contributed by atoms with Gasteiger partial charge in [-0.25, -0.2) is 13.2 Å². The molecule has 208 valence electrons. The van der Waals surface area contributed by atoms with Crippen LogP contribution in [-0.4, -0.2) is 38.7 Å². The molecule has 0 saturated heterocycles. The van der Waals surface area contributed by atoms with Gasteiger partial charge in [0.15, 0.2) is 0 Å². The number of rotatable bonds is 11. The monoisotopic (exact) mass is 577 g/mol. The number of aliphatic hydroxyl groups excluding tert-OH is 1. The molecular formula is C32H32ClNO5S. The Hall–Kier alpha value is -3.49. The quantitative estimate of drug-likeness (QED) is 0.204. The second kappa shape index (κ2) is 13.2. The Morgan fingerprint density at radius 2 is 1.57 bits per heavy atom. The van der Waals surface area contributed by atoms with Crippen LogP contribution < -0.4 is 5.32 Å². The molecule has 0 fully saturated rings. The fourth-order valence-corrected chi connectivity index (χ4v) is 5.90. The van der Waals surface area contributed by atoms with Gasteiger partial charge < -0.3 is 15.2 Å². The maximum absolute atomic E-state index is 13.4. The van der Waals surface area contributed by atoms with Crippen molar-refractivity contribution in [3.63, 3.8) is 0 Å². The number of nitrogens with one attached hydrogen (secondary N) is 1. The van der Waals surface area contributed by atoms with Crippen molar-refractivity contribution in [2.45, 2.75) is 42.2 Å². The van der Waals surface area contributed by atoms with Crippen LogP contribution in [0.1, 0.15) is 41.4 Å². The Morgan fingerprint density at radius 3 is 2.27 bits per heavy atom. The summed E-state index contributed by atoms with van der Waals surface area (Å²) in [5, 5.41) is 14.3. The van der Waals surface area contributed by atoms with E-state index in [9.17, 15) is 18.3 Å². The molecule has 0 aromatic heterocycles. The van der Waals surface area contributed by atoms with Crippen LogP contribution in [0, 0.1) is 0 Å². The summed E-state index contributed by atoms with van der Waals surface area (Å²) in [4.78, 5) is 12.5. The summed E-state index contributed by atoms with van der Waals surface area (Å²) < 4.78 is 31.9. The van der Waals surface area contributed by atoms with Crippen LogP contribution in [0.2, 0.25) is 5.02 Å². The van der Waals surface area contributed by atoms with Gasteiger partial charge in [-0.1, -0.05) is 60.1 Å². The zero-order valence-electron chi connectivity index (χ0n) is 22.4. The third kappa shape index (κ3) is 7.37. The smallest absolute Gasteiger partial charge is 0.338 e. The van der Waals surface area contributed by atoms with Crippen LogP contribution in [0.15, 0.2) is 107 Å². The molecular weight excluding hydrogens is 546 g/mol. The first-order chi connectivity index (χ1) is 19.2. The molecule has 0 heterocycles. The largest absolute Gasteiger partial charge is 0.462 e. The number of aliphatic hydroxyl groups is 1. The van der Waals surface area contributed by atoms with Gasteiger partial charge in [-0.2, -0.15) is 0 Å². The number of carbonyl (C=O) groups excluding carboxylic acids is 1. The van der Waals surface area contributed by atoms with E-state index in [-0.39, 0.29) is 22.4 Å². The van der Waals surface area contributed by atoms with E-state index in [0.717, 1.165) is 16.7 Å². The molecule has 4 rings (SSSR count). The molecule has 8 heteroatoms. The fourth-order valence-electron chi connectivity index (χ4n) is 4.39. The van der Waals surface area contributed by atoms with E-state index < -0.39 is 21.9 Å². The Balaban J connectivity index is 1.43. The minimum Gasteiger partial charge on any atom is -0.462 e. The number of esters is 1. The molecule has 0 radical (unpaired) electrons. The molecule has 0 bridgehead atoms. The van der Waals surface area contributed by atoms with Crippen LogP contribution in [0.5, 0.6) is 0 Å². The van der Waals surface area contributed by atoms with Crippen LogP contribution in [0.4, 0.5) is 0 Å². The van der Waals surface area contributed by atoms with E-state index in [0.29, 0.717) is 29.1 Å². The van der Waals surface area contributed by atoms with Crippen LogP contribution >= 0.6 is 11.6 Å². The molecule has 0 aliphatic rings. The number of sulfone groups is 1. The van der Waals surface area contributed by atoms with Crippen molar-refractivity contribution in [3.8, 4) is 11.1 Å². The van der Waals surface area contributed by atoms with E-state index >= 15 is 0 Å². The highest BCUT2D eigenvalue weighted by molar-refractivity contribution is 7.91. The first-order valence-corrected chi connectivity index (χ1v) is 14.9. The van der Waals surface area contributed by atoms with E-state index in [4.69, 9.17) is 16.3 Å². The number of hydrogen-bond acceptors (Lipinski definition) is 6. The summed E-state index contributed by atoms with van der Waals surface area (Å²) in [7, 11) is -3.76. The minimum absolute atomic E-state index is 0.0540.